The summed E-state index contributed by atoms with van der Waals surface area (Å²) in [5.74, 6) is 0.339. The fourth-order valence-electron chi connectivity index (χ4n) is 2.22. The summed E-state index contributed by atoms with van der Waals surface area (Å²) in [6.07, 6.45) is 7.08. The van der Waals surface area contributed by atoms with Crippen molar-refractivity contribution < 1.29 is 5.11 Å². The van der Waals surface area contributed by atoms with Crippen LogP contribution in [0, 0.1) is 11.3 Å². The fourth-order valence-corrected chi connectivity index (χ4v) is 2.22. The highest BCUT2D eigenvalue weighted by molar-refractivity contribution is 5.20. The maximum atomic E-state index is 9.75. The molecule has 1 aliphatic rings. The zero-order valence-electron chi connectivity index (χ0n) is 9.59. The molecule has 1 saturated carbocycles. The molecule has 0 spiro atoms. The molecule has 0 heterocycles. The van der Waals surface area contributed by atoms with Crippen molar-refractivity contribution in [3.05, 3.63) is 24.3 Å². The lowest BCUT2D eigenvalue weighted by Crippen LogP contribution is -2.35. The standard InChI is InChI=1S/C13H22O/c1-5-6-7-11-10(2)12(14)8-9-13(11,3)4/h6-7,11-12,14H,2,5,8-9H2,1,3-4H3/b7-6+/t11-,12-/m1/s1. The Bertz CT molecular complexity index is 238. The minimum atomic E-state index is -0.297. The van der Waals surface area contributed by atoms with E-state index in [-0.39, 0.29) is 11.5 Å². The average molecular weight is 194 g/mol. The lowest BCUT2D eigenvalue weighted by Gasteiger charge is -2.41. The predicted octanol–water partition coefficient (Wildman–Crippen LogP) is 3.31. The normalized spacial score (nSPS) is 32.4. The van der Waals surface area contributed by atoms with Crippen LogP contribution < -0.4 is 0 Å². The first-order chi connectivity index (χ1) is 6.49. The van der Waals surface area contributed by atoms with Gasteiger partial charge in [0.1, 0.15) is 0 Å². The van der Waals surface area contributed by atoms with Crippen molar-refractivity contribution in [2.75, 3.05) is 0 Å². The van der Waals surface area contributed by atoms with Crippen molar-refractivity contribution in [2.24, 2.45) is 11.3 Å². The second kappa shape index (κ2) is 4.31. The molecule has 0 amide bonds. The van der Waals surface area contributed by atoms with Crippen LogP contribution in [0.4, 0.5) is 0 Å². The lowest BCUT2D eigenvalue weighted by atomic mass is 9.65. The van der Waals surface area contributed by atoms with Gasteiger partial charge in [0.15, 0.2) is 0 Å². The number of hydrogen-bond acceptors (Lipinski definition) is 1. The van der Waals surface area contributed by atoms with E-state index in [1.54, 1.807) is 0 Å². The molecular weight excluding hydrogens is 172 g/mol. The highest BCUT2D eigenvalue weighted by atomic mass is 16.3. The van der Waals surface area contributed by atoms with Gasteiger partial charge in [-0.05, 0) is 30.3 Å². The van der Waals surface area contributed by atoms with Crippen LogP contribution in [0.2, 0.25) is 0 Å². The van der Waals surface area contributed by atoms with E-state index in [1.165, 1.54) is 0 Å². The van der Waals surface area contributed by atoms with Gasteiger partial charge in [0.05, 0.1) is 6.10 Å². The van der Waals surface area contributed by atoms with Gasteiger partial charge < -0.3 is 5.11 Å². The SMILES string of the molecule is C=C1[C@H](O)CCC(C)(C)[C@@H]1/C=C/CC. The Balaban J connectivity index is 2.83. The van der Waals surface area contributed by atoms with Gasteiger partial charge in [-0.25, -0.2) is 0 Å². The lowest BCUT2D eigenvalue weighted by molar-refractivity contribution is 0.105. The second-order valence-electron chi connectivity index (χ2n) is 4.93. The van der Waals surface area contributed by atoms with Crippen molar-refractivity contribution in [1.82, 2.24) is 0 Å². The largest absolute Gasteiger partial charge is 0.389 e. The smallest absolute Gasteiger partial charge is 0.0753 e. The molecule has 0 aromatic carbocycles. The van der Waals surface area contributed by atoms with Gasteiger partial charge in [-0.2, -0.15) is 0 Å². The topological polar surface area (TPSA) is 20.2 Å². The molecule has 0 radical (unpaired) electrons. The summed E-state index contributed by atoms with van der Waals surface area (Å²) in [6, 6.07) is 0. The molecule has 1 aliphatic carbocycles. The Morgan fingerprint density at radius 3 is 2.79 bits per heavy atom. The highest BCUT2D eigenvalue weighted by Gasteiger charge is 2.36. The molecule has 0 aromatic rings. The molecule has 0 aliphatic heterocycles. The highest BCUT2D eigenvalue weighted by Crippen LogP contribution is 2.43. The first-order valence-electron chi connectivity index (χ1n) is 5.52. The van der Waals surface area contributed by atoms with Crippen molar-refractivity contribution in [3.63, 3.8) is 0 Å². The van der Waals surface area contributed by atoms with E-state index >= 15 is 0 Å². The fraction of sp³-hybridized carbons (Fsp3) is 0.692. The minimum absolute atomic E-state index is 0.252. The number of allylic oxidation sites excluding steroid dienone is 2. The minimum Gasteiger partial charge on any atom is -0.389 e. The first-order valence-corrected chi connectivity index (χ1v) is 5.52. The van der Waals surface area contributed by atoms with Crippen LogP contribution in [0.1, 0.15) is 40.0 Å². The van der Waals surface area contributed by atoms with E-state index in [9.17, 15) is 5.11 Å². The van der Waals surface area contributed by atoms with Crippen LogP contribution in [0.3, 0.4) is 0 Å². The molecule has 0 bridgehead atoms. The summed E-state index contributed by atoms with van der Waals surface area (Å²) in [6.45, 7) is 10.7. The molecule has 1 N–H and O–H groups in total. The van der Waals surface area contributed by atoms with Gasteiger partial charge in [-0.15, -0.1) is 0 Å². The van der Waals surface area contributed by atoms with Crippen LogP contribution in [0.15, 0.2) is 24.3 Å². The quantitative estimate of drug-likeness (QED) is 0.669. The summed E-state index contributed by atoms with van der Waals surface area (Å²) in [7, 11) is 0. The second-order valence-corrected chi connectivity index (χ2v) is 4.93. The van der Waals surface area contributed by atoms with E-state index in [0.29, 0.717) is 5.92 Å². The Morgan fingerprint density at radius 2 is 2.21 bits per heavy atom. The Hall–Kier alpha value is -0.560. The number of hydrogen-bond donors (Lipinski definition) is 1. The molecular formula is C13H22O. The Kier molecular flexibility index (Phi) is 3.54. The van der Waals surface area contributed by atoms with Crippen LogP contribution in [0.25, 0.3) is 0 Å². The van der Waals surface area contributed by atoms with E-state index in [0.717, 1.165) is 24.8 Å². The molecule has 80 valence electrons. The van der Waals surface area contributed by atoms with E-state index in [4.69, 9.17) is 0 Å². The van der Waals surface area contributed by atoms with E-state index in [2.05, 4.69) is 39.5 Å². The zero-order valence-corrected chi connectivity index (χ0v) is 9.59. The van der Waals surface area contributed by atoms with Crippen molar-refractivity contribution >= 4 is 0 Å². The summed E-state index contributed by atoms with van der Waals surface area (Å²) < 4.78 is 0. The van der Waals surface area contributed by atoms with Gasteiger partial charge >= 0.3 is 0 Å². The van der Waals surface area contributed by atoms with Gasteiger partial charge in [0, 0.05) is 5.92 Å². The van der Waals surface area contributed by atoms with Gasteiger partial charge in [0.25, 0.3) is 0 Å². The molecule has 1 rings (SSSR count). The monoisotopic (exact) mass is 194 g/mol. The maximum Gasteiger partial charge on any atom is 0.0753 e. The molecule has 0 aromatic heterocycles. The van der Waals surface area contributed by atoms with Crippen LogP contribution in [0.5, 0.6) is 0 Å². The predicted molar refractivity (Wildman–Crippen MR) is 61.1 cm³/mol. The van der Waals surface area contributed by atoms with E-state index < -0.39 is 0 Å². The zero-order chi connectivity index (χ0) is 10.8. The number of aliphatic hydroxyl groups excluding tert-OH is 1. The Labute approximate surface area is 87.5 Å². The third-order valence-corrected chi connectivity index (χ3v) is 3.30. The molecule has 1 heteroatoms. The van der Waals surface area contributed by atoms with Gasteiger partial charge in [-0.1, -0.05) is 39.5 Å². The molecule has 0 unspecified atom stereocenters. The number of rotatable bonds is 2. The Morgan fingerprint density at radius 1 is 1.57 bits per heavy atom. The molecule has 0 saturated heterocycles. The van der Waals surface area contributed by atoms with Crippen LogP contribution >= 0.6 is 0 Å². The number of aliphatic hydroxyl groups is 1. The third kappa shape index (κ3) is 2.27. The van der Waals surface area contributed by atoms with Crippen LogP contribution in [-0.2, 0) is 0 Å². The summed E-state index contributed by atoms with van der Waals surface area (Å²) in [4.78, 5) is 0. The molecule has 14 heavy (non-hydrogen) atoms. The molecule has 2 atom stereocenters. The maximum absolute atomic E-state index is 9.75. The molecule has 1 nitrogen and oxygen atoms in total. The van der Waals surface area contributed by atoms with E-state index in [1.807, 2.05) is 0 Å². The summed E-state index contributed by atoms with van der Waals surface area (Å²) in [5.41, 5.74) is 1.24. The summed E-state index contributed by atoms with van der Waals surface area (Å²) in [5, 5.41) is 9.75. The summed E-state index contributed by atoms with van der Waals surface area (Å²) >= 11 is 0. The van der Waals surface area contributed by atoms with Gasteiger partial charge in [-0.3, -0.25) is 0 Å². The van der Waals surface area contributed by atoms with Crippen molar-refractivity contribution in [1.29, 1.82) is 0 Å². The first kappa shape index (κ1) is 11.5. The molecule has 1 fully saturated rings. The van der Waals surface area contributed by atoms with Crippen LogP contribution in [-0.4, -0.2) is 11.2 Å². The average Bonchev–Trinajstić information content (AvgIpc) is 2.12. The van der Waals surface area contributed by atoms with Crippen molar-refractivity contribution in [3.8, 4) is 0 Å². The van der Waals surface area contributed by atoms with Crippen molar-refractivity contribution in [2.45, 2.75) is 46.1 Å². The van der Waals surface area contributed by atoms with Gasteiger partial charge in [0.2, 0.25) is 0 Å². The third-order valence-electron chi connectivity index (χ3n) is 3.30.